The van der Waals surface area contributed by atoms with Crippen molar-refractivity contribution < 1.29 is 9.15 Å². The van der Waals surface area contributed by atoms with Crippen LogP contribution in [-0.2, 0) is 11.3 Å². The third-order valence-electron chi connectivity index (χ3n) is 2.27. The standard InChI is InChI=1S/C13H21NO2/c1-3-4-5-8-15-12(2)10-14-11-13-7-6-9-16-13/h3,6-7,9,12,14H,1,4-5,8,10-11H2,2H3. The van der Waals surface area contributed by atoms with Crippen molar-refractivity contribution in [2.45, 2.75) is 32.4 Å². The van der Waals surface area contributed by atoms with Crippen LogP contribution < -0.4 is 5.32 Å². The Morgan fingerprint density at radius 3 is 3.19 bits per heavy atom. The maximum absolute atomic E-state index is 5.62. The smallest absolute Gasteiger partial charge is 0.117 e. The van der Waals surface area contributed by atoms with Crippen LogP contribution in [0.3, 0.4) is 0 Å². The number of nitrogens with one attached hydrogen (secondary N) is 1. The van der Waals surface area contributed by atoms with Crippen molar-refractivity contribution >= 4 is 0 Å². The van der Waals surface area contributed by atoms with Gasteiger partial charge in [-0.1, -0.05) is 6.08 Å². The molecule has 0 spiro atoms. The van der Waals surface area contributed by atoms with E-state index in [0.717, 1.165) is 38.3 Å². The Morgan fingerprint density at radius 2 is 2.50 bits per heavy atom. The van der Waals surface area contributed by atoms with Gasteiger partial charge >= 0.3 is 0 Å². The highest BCUT2D eigenvalue weighted by Crippen LogP contribution is 1.99. The molecule has 1 aromatic rings. The maximum Gasteiger partial charge on any atom is 0.117 e. The van der Waals surface area contributed by atoms with Crippen molar-refractivity contribution in [3.63, 3.8) is 0 Å². The lowest BCUT2D eigenvalue weighted by Crippen LogP contribution is -2.26. The van der Waals surface area contributed by atoms with Crippen LogP contribution in [0.5, 0.6) is 0 Å². The van der Waals surface area contributed by atoms with Gasteiger partial charge in [0, 0.05) is 13.2 Å². The van der Waals surface area contributed by atoms with Gasteiger partial charge in [0.15, 0.2) is 0 Å². The summed E-state index contributed by atoms with van der Waals surface area (Å²) in [7, 11) is 0. The van der Waals surface area contributed by atoms with E-state index in [1.54, 1.807) is 6.26 Å². The second-order valence-electron chi connectivity index (χ2n) is 3.82. The van der Waals surface area contributed by atoms with Gasteiger partial charge in [-0.25, -0.2) is 0 Å². The summed E-state index contributed by atoms with van der Waals surface area (Å²) in [4.78, 5) is 0. The fourth-order valence-corrected chi connectivity index (χ4v) is 1.38. The van der Waals surface area contributed by atoms with Crippen LogP contribution in [0.25, 0.3) is 0 Å². The molecule has 0 radical (unpaired) electrons. The molecule has 16 heavy (non-hydrogen) atoms. The predicted molar refractivity (Wildman–Crippen MR) is 65.3 cm³/mol. The molecule has 0 fully saturated rings. The minimum Gasteiger partial charge on any atom is -0.468 e. The van der Waals surface area contributed by atoms with Crippen LogP contribution in [0.2, 0.25) is 0 Å². The van der Waals surface area contributed by atoms with Gasteiger partial charge in [0.1, 0.15) is 5.76 Å². The van der Waals surface area contributed by atoms with Crippen LogP contribution in [0.4, 0.5) is 0 Å². The minimum absolute atomic E-state index is 0.236. The second kappa shape index (κ2) is 8.13. The highest BCUT2D eigenvalue weighted by molar-refractivity contribution is 4.97. The molecule has 0 aliphatic carbocycles. The second-order valence-corrected chi connectivity index (χ2v) is 3.82. The van der Waals surface area contributed by atoms with Crippen LogP contribution in [-0.4, -0.2) is 19.3 Å². The number of unbranched alkanes of at least 4 members (excludes halogenated alkanes) is 1. The molecule has 3 heteroatoms. The summed E-state index contributed by atoms with van der Waals surface area (Å²) in [6.45, 7) is 8.15. The van der Waals surface area contributed by atoms with E-state index in [0.29, 0.717) is 0 Å². The molecule has 0 aliphatic rings. The van der Waals surface area contributed by atoms with Gasteiger partial charge in [-0.15, -0.1) is 6.58 Å². The van der Waals surface area contributed by atoms with Crippen molar-refractivity contribution in [3.8, 4) is 0 Å². The van der Waals surface area contributed by atoms with Gasteiger partial charge < -0.3 is 14.5 Å². The molecule has 90 valence electrons. The first-order chi connectivity index (χ1) is 7.83. The summed E-state index contributed by atoms with van der Waals surface area (Å²) >= 11 is 0. The minimum atomic E-state index is 0.236. The third kappa shape index (κ3) is 5.73. The van der Waals surface area contributed by atoms with Crippen molar-refractivity contribution in [2.24, 2.45) is 0 Å². The molecule has 0 saturated heterocycles. The summed E-state index contributed by atoms with van der Waals surface area (Å²) in [5.41, 5.74) is 0. The Bertz CT molecular complexity index is 269. The van der Waals surface area contributed by atoms with Gasteiger partial charge in [0.05, 0.1) is 18.9 Å². The van der Waals surface area contributed by atoms with Crippen LogP contribution in [0.1, 0.15) is 25.5 Å². The topological polar surface area (TPSA) is 34.4 Å². The molecular weight excluding hydrogens is 202 g/mol. The van der Waals surface area contributed by atoms with Crippen molar-refractivity contribution in [2.75, 3.05) is 13.2 Å². The molecule has 1 N–H and O–H groups in total. The highest BCUT2D eigenvalue weighted by atomic mass is 16.5. The Labute approximate surface area is 97.5 Å². The normalized spacial score (nSPS) is 12.6. The number of allylic oxidation sites excluding steroid dienone is 1. The SMILES string of the molecule is C=CCCCOC(C)CNCc1ccco1. The molecule has 1 unspecified atom stereocenters. The van der Waals surface area contributed by atoms with Gasteiger partial charge in [-0.05, 0) is 31.9 Å². The van der Waals surface area contributed by atoms with E-state index in [9.17, 15) is 0 Å². The lowest BCUT2D eigenvalue weighted by Gasteiger charge is -2.13. The Morgan fingerprint density at radius 1 is 1.62 bits per heavy atom. The van der Waals surface area contributed by atoms with Gasteiger partial charge in [-0.2, -0.15) is 0 Å². The summed E-state index contributed by atoms with van der Waals surface area (Å²) in [5, 5.41) is 3.29. The molecule has 1 aromatic heterocycles. The number of furan rings is 1. The van der Waals surface area contributed by atoms with Gasteiger partial charge in [0.25, 0.3) is 0 Å². The van der Waals surface area contributed by atoms with Crippen molar-refractivity contribution in [1.82, 2.24) is 5.32 Å². The molecule has 0 aliphatic heterocycles. The Hall–Kier alpha value is -1.06. The molecule has 1 atom stereocenters. The molecule has 0 saturated carbocycles. The number of hydrogen-bond acceptors (Lipinski definition) is 3. The molecule has 1 heterocycles. The summed E-state index contributed by atoms with van der Waals surface area (Å²) < 4.78 is 10.8. The van der Waals surface area contributed by atoms with Crippen molar-refractivity contribution in [1.29, 1.82) is 0 Å². The van der Waals surface area contributed by atoms with Gasteiger partial charge in [-0.3, -0.25) is 0 Å². The number of hydrogen-bond donors (Lipinski definition) is 1. The quantitative estimate of drug-likeness (QED) is 0.516. The zero-order valence-corrected chi connectivity index (χ0v) is 9.95. The first-order valence-corrected chi connectivity index (χ1v) is 5.78. The van der Waals surface area contributed by atoms with E-state index in [1.165, 1.54) is 0 Å². The van der Waals surface area contributed by atoms with E-state index >= 15 is 0 Å². The molecule has 0 bridgehead atoms. The zero-order chi connectivity index (χ0) is 11.6. The lowest BCUT2D eigenvalue weighted by atomic mass is 10.3. The average Bonchev–Trinajstić information content (AvgIpc) is 2.77. The molecule has 1 rings (SSSR count). The molecule has 0 amide bonds. The van der Waals surface area contributed by atoms with E-state index in [2.05, 4.69) is 18.8 Å². The average molecular weight is 223 g/mol. The monoisotopic (exact) mass is 223 g/mol. The first-order valence-electron chi connectivity index (χ1n) is 5.78. The number of ether oxygens (including phenoxy) is 1. The van der Waals surface area contributed by atoms with E-state index in [4.69, 9.17) is 9.15 Å². The summed E-state index contributed by atoms with van der Waals surface area (Å²) in [6.07, 6.45) is 5.91. The highest BCUT2D eigenvalue weighted by Gasteiger charge is 2.01. The number of rotatable bonds is 9. The molecule has 0 aromatic carbocycles. The van der Waals surface area contributed by atoms with Crippen molar-refractivity contribution in [3.05, 3.63) is 36.8 Å². The molecule has 3 nitrogen and oxygen atoms in total. The van der Waals surface area contributed by atoms with Crippen LogP contribution >= 0.6 is 0 Å². The Kier molecular flexibility index (Phi) is 6.61. The fourth-order valence-electron chi connectivity index (χ4n) is 1.38. The lowest BCUT2D eigenvalue weighted by molar-refractivity contribution is 0.0642. The maximum atomic E-state index is 5.62. The largest absolute Gasteiger partial charge is 0.468 e. The molecular formula is C13H21NO2. The summed E-state index contributed by atoms with van der Waals surface area (Å²) in [6, 6.07) is 3.86. The first kappa shape index (κ1) is 13.0. The van der Waals surface area contributed by atoms with E-state index < -0.39 is 0 Å². The van der Waals surface area contributed by atoms with E-state index in [1.807, 2.05) is 18.2 Å². The fraction of sp³-hybridized carbons (Fsp3) is 0.538. The Balaban J connectivity index is 1.97. The van der Waals surface area contributed by atoms with E-state index in [-0.39, 0.29) is 6.10 Å². The summed E-state index contributed by atoms with van der Waals surface area (Å²) in [5.74, 6) is 0.957. The van der Waals surface area contributed by atoms with Crippen LogP contribution in [0.15, 0.2) is 35.5 Å². The zero-order valence-electron chi connectivity index (χ0n) is 9.95. The third-order valence-corrected chi connectivity index (χ3v) is 2.27. The van der Waals surface area contributed by atoms with Crippen LogP contribution in [0, 0.1) is 0 Å². The predicted octanol–water partition coefficient (Wildman–Crippen LogP) is 2.74. The van der Waals surface area contributed by atoms with Gasteiger partial charge in [0.2, 0.25) is 0 Å².